The van der Waals surface area contributed by atoms with Gasteiger partial charge >= 0.3 is 7.42 Å². The summed E-state index contributed by atoms with van der Waals surface area (Å²) in [6.07, 6.45) is 1.00. The van der Waals surface area contributed by atoms with Crippen LogP contribution >= 0.6 is 22.2 Å². The van der Waals surface area contributed by atoms with Crippen LogP contribution in [-0.4, -0.2) is 7.42 Å². The summed E-state index contributed by atoms with van der Waals surface area (Å²) >= 11 is 11.7. The van der Waals surface area contributed by atoms with Crippen molar-refractivity contribution in [3.8, 4) is 0 Å². The minimum Gasteiger partial charge on any atom is -0.140 e. The van der Waals surface area contributed by atoms with Gasteiger partial charge in [-0.05, 0) is 27.9 Å². The van der Waals surface area contributed by atoms with Crippen LogP contribution in [0.5, 0.6) is 0 Å². The van der Waals surface area contributed by atoms with Gasteiger partial charge in [-0.2, -0.15) is 0 Å². The minimum atomic E-state index is -1.31. The van der Waals surface area contributed by atoms with Crippen molar-refractivity contribution >= 4 is 45.5 Å². The highest BCUT2D eigenvalue weighted by atomic mass is 35.7. The molecule has 0 unspecified atom stereocenters. The molecule has 107 valence electrons. The van der Waals surface area contributed by atoms with Crippen molar-refractivity contribution in [2.24, 2.45) is 0 Å². The largest absolute Gasteiger partial charge is 0.307 e. The molecule has 0 saturated carbocycles. The van der Waals surface area contributed by atoms with E-state index in [9.17, 15) is 0 Å². The molecular weight excluding hydrogens is 315 g/mol. The average molecular weight is 332 g/mol. The molecule has 0 heterocycles. The first-order valence-electron chi connectivity index (χ1n) is 6.92. The van der Waals surface area contributed by atoms with Gasteiger partial charge in [0.2, 0.25) is 0 Å². The van der Waals surface area contributed by atoms with E-state index < -0.39 is 7.42 Å². The van der Waals surface area contributed by atoms with Gasteiger partial charge in [-0.3, -0.25) is 0 Å². The van der Waals surface area contributed by atoms with Crippen LogP contribution in [0.3, 0.4) is 0 Å². The van der Waals surface area contributed by atoms with Gasteiger partial charge in [0.25, 0.3) is 0 Å². The van der Waals surface area contributed by atoms with E-state index in [0.29, 0.717) is 0 Å². The van der Waals surface area contributed by atoms with E-state index in [0.717, 1.165) is 11.6 Å². The molecule has 0 nitrogen and oxygen atoms in total. The summed E-state index contributed by atoms with van der Waals surface area (Å²) in [5, 5.41) is 3.75. The summed E-state index contributed by atoms with van der Waals surface area (Å²) in [6, 6.07) is 24.8. The fourth-order valence-electron chi connectivity index (χ4n) is 2.15. The molecule has 1 radical (unpaired) electrons. The molecule has 0 aliphatic rings. The molecule has 0 aliphatic heterocycles. The molecule has 0 atom stereocenters. The van der Waals surface area contributed by atoms with Crippen LogP contribution in [0.2, 0.25) is 0 Å². The summed E-state index contributed by atoms with van der Waals surface area (Å²) in [6.45, 7) is 2.11. The van der Waals surface area contributed by atoms with Gasteiger partial charge in [0, 0.05) is 0 Å². The zero-order chi connectivity index (χ0) is 15.1. The summed E-state index contributed by atoms with van der Waals surface area (Å²) in [7, 11) is -1.31. The maximum Gasteiger partial charge on any atom is 0.307 e. The van der Waals surface area contributed by atoms with Crippen LogP contribution < -0.4 is 5.19 Å². The Morgan fingerprint density at radius 3 is 1.52 bits per heavy atom. The molecule has 0 aromatic heterocycles. The van der Waals surface area contributed by atoms with Crippen LogP contribution in [0.15, 0.2) is 72.8 Å². The standard InChI is InChI=1S/C10H8.C8H9Cl2Si/c1-2-6-10-8-4-3-7-9(10)5-1;1-2-7-5-3-4-6-8(7)11(9)10/h1-8H;3-6H,2H2,1H3. The van der Waals surface area contributed by atoms with Crippen molar-refractivity contribution in [3.63, 3.8) is 0 Å². The lowest BCUT2D eigenvalue weighted by Crippen LogP contribution is -2.22. The van der Waals surface area contributed by atoms with Crippen LogP contribution in [0, 0.1) is 0 Å². The van der Waals surface area contributed by atoms with E-state index in [2.05, 4.69) is 61.5 Å². The second kappa shape index (κ2) is 8.23. The molecule has 0 amide bonds. The third kappa shape index (κ3) is 4.60. The van der Waals surface area contributed by atoms with Crippen LogP contribution in [0.1, 0.15) is 12.5 Å². The average Bonchev–Trinajstić information content (AvgIpc) is 2.55. The Labute approximate surface area is 137 Å². The van der Waals surface area contributed by atoms with Crippen molar-refractivity contribution in [1.82, 2.24) is 0 Å². The molecule has 3 rings (SSSR count). The third-order valence-corrected chi connectivity index (χ3v) is 5.38. The quantitative estimate of drug-likeness (QED) is 0.443. The van der Waals surface area contributed by atoms with E-state index in [1.54, 1.807) is 0 Å². The van der Waals surface area contributed by atoms with E-state index in [4.69, 9.17) is 22.2 Å². The second-order valence-electron chi connectivity index (χ2n) is 4.62. The molecule has 3 aromatic rings. The highest BCUT2D eigenvalue weighted by Gasteiger charge is 2.10. The van der Waals surface area contributed by atoms with E-state index in [1.165, 1.54) is 16.3 Å². The molecule has 0 aliphatic carbocycles. The number of fused-ring (bicyclic) bond motifs is 1. The Kier molecular flexibility index (Phi) is 6.31. The Morgan fingerprint density at radius 2 is 1.14 bits per heavy atom. The molecule has 21 heavy (non-hydrogen) atoms. The van der Waals surface area contributed by atoms with Gasteiger partial charge < -0.3 is 0 Å². The molecule has 3 heteroatoms. The second-order valence-corrected chi connectivity index (χ2v) is 8.53. The lowest BCUT2D eigenvalue weighted by Gasteiger charge is -2.04. The Balaban J connectivity index is 0.000000154. The highest BCUT2D eigenvalue weighted by Crippen LogP contribution is 2.11. The fourth-order valence-corrected chi connectivity index (χ4v) is 3.98. The Morgan fingerprint density at radius 1 is 0.714 bits per heavy atom. The van der Waals surface area contributed by atoms with Gasteiger partial charge in [-0.25, -0.2) is 0 Å². The maximum atomic E-state index is 5.85. The number of rotatable bonds is 2. The molecule has 0 bridgehead atoms. The van der Waals surface area contributed by atoms with Gasteiger partial charge in [-0.1, -0.05) is 79.7 Å². The molecule has 3 aromatic carbocycles. The van der Waals surface area contributed by atoms with E-state index in [-0.39, 0.29) is 0 Å². The smallest absolute Gasteiger partial charge is 0.140 e. The van der Waals surface area contributed by atoms with E-state index in [1.807, 2.05) is 18.2 Å². The molecule has 0 N–H and O–H groups in total. The van der Waals surface area contributed by atoms with Crippen LogP contribution in [0.4, 0.5) is 0 Å². The van der Waals surface area contributed by atoms with Crippen molar-refractivity contribution in [2.45, 2.75) is 13.3 Å². The molecule has 0 spiro atoms. The third-order valence-electron chi connectivity index (χ3n) is 3.26. The predicted molar refractivity (Wildman–Crippen MR) is 96.9 cm³/mol. The normalized spacial score (nSPS) is 10.3. The van der Waals surface area contributed by atoms with Gasteiger partial charge in [0.05, 0.1) is 0 Å². The number of hydrogen-bond donors (Lipinski definition) is 0. The molecular formula is C18H17Cl2Si. The predicted octanol–water partition coefficient (Wildman–Crippen LogP) is 5.26. The minimum absolute atomic E-state index is 1.00. The highest BCUT2D eigenvalue weighted by molar-refractivity contribution is 7.39. The number of aryl methyl sites for hydroxylation is 1. The van der Waals surface area contributed by atoms with E-state index >= 15 is 0 Å². The Hall–Kier alpha value is -1.28. The molecule has 0 fully saturated rings. The first-order chi connectivity index (χ1) is 10.2. The van der Waals surface area contributed by atoms with Crippen molar-refractivity contribution in [1.29, 1.82) is 0 Å². The van der Waals surface area contributed by atoms with Crippen molar-refractivity contribution in [3.05, 3.63) is 78.4 Å². The summed E-state index contributed by atoms with van der Waals surface area (Å²) < 4.78 is 0. The van der Waals surface area contributed by atoms with Crippen molar-refractivity contribution < 1.29 is 0 Å². The van der Waals surface area contributed by atoms with Gasteiger partial charge in [-0.15, -0.1) is 22.2 Å². The SMILES string of the molecule is CCc1ccccc1[Si](Cl)Cl.c1ccc2ccccc2c1. The summed E-state index contributed by atoms with van der Waals surface area (Å²) in [5.41, 5.74) is 1.27. The van der Waals surface area contributed by atoms with Crippen molar-refractivity contribution in [2.75, 3.05) is 0 Å². The lowest BCUT2D eigenvalue weighted by molar-refractivity contribution is 1.15. The maximum absolute atomic E-state index is 5.85. The van der Waals surface area contributed by atoms with Gasteiger partial charge in [0.1, 0.15) is 0 Å². The number of hydrogen-bond acceptors (Lipinski definition) is 0. The van der Waals surface area contributed by atoms with Crippen LogP contribution in [0.25, 0.3) is 10.8 Å². The van der Waals surface area contributed by atoms with Gasteiger partial charge in [0.15, 0.2) is 0 Å². The first-order valence-corrected chi connectivity index (χ1v) is 10.4. The lowest BCUT2D eigenvalue weighted by atomic mass is 10.1. The Bertz CT molecular complexity index is 630. The number of halogens is 2. The fraction of sp³-hybridized carbons (Fsp3) is 0.111. The zero-order valence-electron chi connectivity index (χ0n) is 11.9. The monoisotopic (exact) mass is 331 g/mol. The summed E-state index contributed by atoms with van der Waals surface area (Å²) in [5.74, 6) is 0. The zero-order valence-corrected chi connectivity index (χ0v) is 14.4. The number of benzene rings is 3. The summed E-state index contributed by atoms with van der Waals surface area (Å²) in [4.78, 5) is 0. The first kappa shape index (κ1) is 16.1. The van der Waals surface area contributed by atoms with Crippen LogP contribution in [-0.2, 0) is 6.42 Å². The topological polar surface area (TPSA) is 0 Å². The molecule has 0 saturated heterocycles.